The van der Waals surface area contributed by atoms with Gasteiger partial charge in [-0.15, -0.1) is 0 Å². The van der Waals surface area contributed by atoms with Crippen LogP contribution in [-0.2, 0) is 6.54 Å². The minimum atomic E-state index is 0.390. The lowest BCUT2D eigenvalue weighted by Crippen LogP contribution is -2.31. The van der Waals surface area contributed by atoms with Gasteiger partial charge >= 0.3 is 0 Å². The number of likely N-dealkylation sites (N-methyl/N-ethyl adjacent to an activating group) is 1. The van der Waals surface area contributed by atoms with Crippen molar-refractivity contribution in [3.63, 3.8) is 0 Å². The molecule has 2 rings (SSSR count). The van der Waals surface area contributed by atoms with Crippen LogP contribution in [0.4, 0.5) is 0 Å². The van der Waals surface area contributed by atoms with E-state index in [9.17, 15) is 0 Å². The molecule has 0 amide bonds. The molecule has 1 unspecified atom stereocenters. The number of hydrogen-bond donors (Lipinski definition) is 1. The van der Waals surface area contributed by atoms with Gasteiger partial charge in [0.1, 0.15) is 0 Å². The summed E-state index contributed by atoms with van der Waals surface area (Å²) in [4.78, 5) is 2.35. The Morgan fingerprint density at radius 1 is 1.05 bits per heavy atom. The maximum Gasteiger partial charge on any atom is 0.0406 e. The van der Waals surface area contributed by atoms with Crippen LogP contribution >= 0.6 is 11.6 Å². The zero-order chi connectivity index (χ0) is 15.1. The van der Waals surface area contributed by atoms with Crippen LogP contribution in [0.2, 0.25) is 5.02 Å². The molecule has 0 fully saturated rings. The first-order valence-corrected chi connectivity index (χ1v) is 7.75. The minimum Gasteiger partial charge on any atom is -0.311 e. The number of hydrogen-bond acceptors (Lipinski definition) is 2. The third-order valence-corrected chi connectivity index (χ3v) is 4.08. The normalized spacial score (nSPS) is 12.6. The molecular formula is C18H23ClN2. The molecule has 112 valence electrons. The molecule has 0 heterocycles. The highest BCUT2D eigenvalue weighted by Crippen LogP contribution is 2.20. The lowest BCUT2D eigenvalue weighted by molar-refractivity contribution is 0.261. The first kappa shape index (κ1) is 16.0. The number of nitrogens with zero attached hydrogens (tertiary/aromatic N) is 1. The van der Waals surface area contributed by atoms with Crippen molar-refractivity contribution in [3.05, 3.63) is 70.7 Å². The summed E-state index contributed by atoms with van der Waals surface area (Å²) in [7, 11) is 2.16. The highest BCUT2D eigenvalue weighted by molar-refractivity contribution is 6.30. The Labute approximate surface area is 132 Å². The second-order valence-corrected chi connectivity index (χ2v) is 5.81. The number of nitrogens with one attached hydrogen (secondary N) is 1. The average molecular weight is 303 g/mol. The van der Waals surface area contributed by atoms with Crippen LogP contribution in [0, 0.1) is 0 Å². The highest BCUT2D eigenvalue weighted by atomic mass is 35.5. The molecular weight excluding hydrogens is 280 g/mol. The van der Waals surface area contributed by atoms with Gasteiger partial charge < -0.3 is 5.32 Å². The number of rotatable bonds is 7. The summed E-state index contributed by atoms with van der Waals surface area (Å²) >= 11 is 5.93. The standard InChI is InChI=1S/C18H23ClN2/c1-15(17-8-10-18(19)11-9-17)21(2)13-12-20-14-16-6-4-3-5-7-16/h3-11,15,20H,12-14H2,1-2H3. The van der Waals surface area contributed by atoms with Crippen LogP contribution in [0.5, 0.6) is 0 Å². The van der Waals surface area contributed by atoms with Crippen LogP contribution in [-0.4, -0.2) is 25.0 Å². The van der Waals surface area contributed by atoms with E-state index in [-0.39, 0.29) is 0 Å². The van der Waals surface area contributed by atoms with Gasteiger partial charge in [-0.3, -0.25) is 4.90 Å². The van der Waals surface area contributed by atoms with Crippen molar-refractivity contribution in [2.75, 3.05) is 20.1 Å². The van der Waals surface area contributed by atoms with Gasteiger partial charge in [-0.05, 0) is 37.2 Å². The van der Waals surface area contributed by atoms with E-state index in [1.165, 1.54) is 11.1 Å². The predicted molar refractivity (Wildman–Crippen MR) is 90.6 cm³/mol. The molecule has 0 radical (unpaired) electrons. The van der Waals surface area contributed by atoms with Crippen molar-refractivity contribution in [2.45, 2.75) is 19.5 Å². The summed E-state index contributed by atoms with van der Waals surface area (Å²) in [6.45, 7) is 5.13. The quantitative estimate of drug-likeness (QED) is 0.774. The van der Waals surface area contributed by atoms with Crippen molar-refractivity contribution in [3.8, 4) is 0 Å². The van der Waals surface area contributed by atoms with E-state index in [1.807, 2.05) is 18.2 Å². The fourth-order valence-electron chi connectivity index (χ4n) is 2.27. The van der Waals surface area contributed by atoms with Gasteiger partial charge in [-0.2, -0.15) is 0 Å². The summed E-state index contributed by atoms with van der Waals surface area (Å²) in [5, 5.41) is 4.28. The van der Waals surface area contributed by atoms with Gasteiger partial charge in [0.15, 0.2) is 0 Å². The van der Waals surface area contributed by atoms with Gasteiger partial charge in [-0.1, -0.05) is 54.1 Å². The smallest absolute Gasteiger partial charge is 0.0406 e. The number of benzene rings is 2. The lowest BCUT2D eigenvalue weighted by Gasteiger charge is -2.25. The van der Waals surface area contributed by atoms with Crippen molar-refractivity contribution < 1.29 is 0 Å². The van der Waals surface area contributed by atoms with E-state index in [0.717, 1.165) is 24.7 Å². The Balaban J connectivity index is 1.74. The topological polar surface area (TPSA) is 15.3 Å². The summed E-state index contributed by atoms with van der Waals surface area (Å²) in [6.07, 6.45) is 0. The molecule has 0 saturated carbocycles. The van der Waals surface area contributed by atoms with E-state index >= 15 is 0 Å². The van der Waals surface area contributed by atoms with Crippen LogP contribution in [0.15, 0.2) is 54.6 Å². The Morgan fingerprint density at radius 2 is 1.71 bits per heavy atom. The molecule has 2 nitrogen and oxygen atoms in total. The van der Waals surface area contributed by atoms with E-state index in [2.05, 4.69) is 60.6 Å². The van der Waals surface area contributed by atoms with Gasteiger partial charge in [0.2, 0.25) is 0 Å². The van der Waals surface area contributed by atoms with Crippen molar-refractivity contribution in [1.29, 1.82) is 0 Å². The zero-order valence-corrected chi connectivity index (χ0v) is 13.5. The van der Waals surface area contributed by atoms with Crippen LogP contribution in [0.3, 0.4) is 0 Å². The summed E-state index contributed by atoms with van der Waals surface area (Å²) in [6, 6.07) is 19.0. The van der Waals surface area contributed by atoms with E-state index in [4.69, 9.17) is 11.6 Å². The molecule has 0 aliphatic carbocycles. The molecule has 1 atom stereocenters. The molecule has 2 aromatic carbocycles. The molecule has 0 bridgehead atoms. The summed E-state index contributed by atoms with van der Waals surface area (Å²) < 4.78 is 0. The Morgan fingerprint density at radius 3 is 2.38 bits per heavy atom. The Kier molecular flexibility index (Phi) is 6.24. The third kappa shape index (κ3) is 5.16. The monoisotopic (exact) mass is 302 g/mol. The van der Waals surface area contributed by atoms with Gasteiger partial charge in [0.25, 0.3) is 0 Å². The predicted octanol–water partition coefficient (Wildman–Crippen LogP) is 4.12. The molecule has 21 heavy (non-hydrogen) atoms. The molecule has 3 heteroatoms. The maximum absolute atomic E-state index is 5.93. The van der Waals surface area contributed by atoms with Gasteiger partial charge in [0, 0.05) is 30.7 Å². The molecule has 0 aliphatic heterocycles. The Bertz CT molecular complexity index is 525. The molecule has 0 saturated heterocycles. The lowest BCUT2D eigenvalue weighted by atomic mass is 10.1. The van der Waals surface area contributed by atoms with Crippen LogP contribution in [0.1, 0.15) is 24.1 Å². The molecule has 0 aromatic heterocycles. The number of halogens is 1. The summed E-state index contributed by atoms with van der Waals surface area (Å²) in [5.74, 6) is 0. The average Bonchev–Trinajstić information content (AvgIpc) is 2.52. The summed E-state index contributed by atoms with van der Waals surface area (Å²) in [5.41, 5.74) is 2.62. The fraction of sp³-hybridized carbons (Fsp3) is 0.333. The first-order valence-electron chi connectivity index (χ1n) is 7.37. The largest absolute Gasteiger partial charge is 0.311 e. The molecule has 1 N–H and O–H groups in total. The van der Waals surface area contributed by atoms with E-state index in [0.29, 0.717) is 6.04 Å². The van der Waals surface area contributed by atoms with E-state index in [1.54, 1.807) is 0 Å². The first-order chi connectivity index (χ1) is 10.2. The van der Waals surface area contributed by atoms with Crippen molar-refractivity contribution >= 4 is 11.6 Å². The van der Waals surface area contributed by atoms with Crippen LogP contribution < -0.4 is 5.32 Å². The third-order valence-electron chi connectivity index (χ3n) is 3.83. The van der Waals surface area contributed by atoms with Gasteiger partial charge in [-0.25, -0.2) is 0 Å². The van der Waals surface area contributed by atoms with E-state index < -0.39 is 0 Å². The van der Waals surface area contributed by atoms with Crippen molar-refractivity contribution in [2.24, 2.45) is 0 Å². The maximum atomic E-state index is 5.93. The fourth-order valence-corrected chi connectivity index (χ4v) is 2.40. The van der Waals surface area contributed by atoms with Gasteiger partial charge in [0.05, 0.1) is 0 Å². The second kappa shape index (κ2) is 8.18. The zero-order valence-electron chi connectivity index (χ0n) is 12.7. The molecule has 0 aliphatic rings. The Hall–Kier alpha value is -1.35. The van der Waals surface area contributed by atoms with Crippen molar-refractivity contribution in [1.82, 2.24) is 10.2 Å². The SMILES string of the molecule is CC(c1ccc(Cl)cc1)N(C)CCNCc1ccccc1. The van der Waals surface area contributed by atoms with Crippen LogP contribution in [0.25, 0.3) is 0 Å². The molecule has 2 aromatic rings. The highest BCUT2D eigenvalue weighted by Gasteiger charge is 2.10. The molecule has 0 spiro atoms. The minimum absolute atomic E-state index is 0.390. The second-order valence-electron chi connectivity index (χ2n) is 5.37.